The normalized spacial score (nSPS) is 14.4. The number of carbonyl (C=O) groups is 1. The van der Waals surface area contributed by atoms with Crippen molar-refractivity contribution < 1.29 is 22.4 Å². The van der Waals surface area contributed by atoms with Gasteiger partial charge in [0, 0.05) is 44.0 Å². The van der Waals surface area contributed by atoms with Crippen LogP contribution in [0.5, 0.6) is 0 Å². The SMILES string of the molecule is O=C(N1CCN(Cc2ccccc2)CC1)N(Cc1ccc(-c2nnc(C(F)(F)F)o2)cc1)c1ccccc1. The van der Waals surface area contributed by atoms with E-state index in [1.165, 1.54) is 5.56 Å². The third-order valence-corrected chi connectivity index (χ3v) is 6.40. The topological polar surface area (TPSA) is 65.7 Å². The molecule has 1 aliphatic rings. The molecule has 5 rings (SSSR count). The lowest BCUT2D eigenvalue weighted by atomic mass is 10.1. The highest BCUT2D eigenvalue weighted by Crippen LogP contribution is 2.30. The second kappa shape index (κ2) is 11.1. The van der Waals surface area contributed by atoms with Crippen molar-refractivity contribution in [3.63, 3.8) is 0 Å². The summed E-state index contributed by atoms with van der Waals surface area (Å²) in [4.78, 5) is 19.6. The summed E-state index contributed by atoms with van der Waals surface area (Å²) in [6.45, 7) is 3.94. The maximum Gasteiger partial charge on any atom is 0.470 e. The highest BCUT2D eigenvalue weighted by Gasteiger charge is 2.38. The minimum atomic E-state index is -4.70. The molecule has 7 nitrogen and oxygen atoms in total. The van der Waals surface area contributed by atoms with Crippen molar-refractivity contribution in [2.45, 2.75) is 19.3 Å². The van der Waals surface area contributed by atoms with Crippen LogP contribution in [0.15, 0.2) is 89.3 Å². The molecule has 1 fully saturated rings. The molecule has 38 heavy (non-hydrogen) atoms. The summed E-state index contributed by atoms with van der Waals surface area (Å²) in [6, 6.07) is 26.3. The fourth-order valence-electron chi connectivity index (χ4n) is 4.38. The first-order chi connectivity index (χ1) is 18.4. The summed E-state index contributed by atoms with van der Waals surface area (Å²) in [5.74, 6) is -1.60. The predicted octanol–water partition coefficient (Wildman–Crippen LogP) is 5.70. The van der Waals surface area contributed by atoms with Gasteiger partial charge in [-0.25, -0.2) is 4.79 Å². The first-order valence-electron chi connectivity index (χ1n) is 12.2. The minimum Gasteiger partial charge on any atom is -0.413 e. The molecule has 1 aromatic heterocycles. The lowest BCUT2D eigenvalue weighted by Crippen LogP contribution is -2.52. The molecular formula is C28H26F3N5O2. The quantitative estimate of drug-likeness (QED) is 0.326. The second-order valence-electron chi connectivity index (χ2n) is 9.06. The summed E-state index contributed by atoms with van der Waals surface area (Å²) >= 11 is 0. The number of para-hydroxylation sites is 1. The average Bonchev–Trinajstić information content (AvgIpc) is 3.45. The number of aromatic nitrogens is 2. The van der Waals surface area contributed by atoms with E-state index in [0.717, 1.165) is 30.9 Å². The molecule has 2 heterocycles. The Hall–Kier alpha value is -4.18. The number of rotatable bonds is 6. The Balaban J connectivity index is 1.27. The van der Waals surface area contributed by atoms with Crippen molar-refractivity contribution >= 4 is 11.7 Å². The van der Waals surface area contributed by atoms with Crippen molar-refractivity contribution in [3.8, 4) is 11.5 Å². The van der Waals surface area contributed by atoms with E-state index < -0.39 is 12.1 Å². The fourth-order valence-corrected chi connectivity index (χ4v) is 4.38. The smallest absolute Gasteiger partial charge is 0.413 e. The number of halogens is 3. The molecule has 196 valence electrons. The minimum absolute atomic E-state index is 0.0913. The van der Waals surface area contributed by atoms with Gasteiger partial charge in [-0.05, 0) is 35.4 Å². The van der Waals surface area contributed by atoms with E-state index >= 15 is 0 Å². The molecule has 0 bridgehead atoms. The van der Waals surface area contributed by atoms with E-state index in [1.54, 1.807) is 29.2 Å². The van der Waals surface area contributed by atoms with E-state index in [-0.39, 0.29) is 11.9 Å². The maximum absolute atomic E-state index is 13.6. The zero-order valence-corrected chi connectivity index (χ0v) is 20.5. The molecule has 0 unspecified atom stereocenters. The summed E-state index contributed by atoms with van der Waals surface area (Å²) < 4.78 is 43.1. The molecule has 0 atom stereocenters. The summed E-state index contributed by atoms with van der Waals surface area (Å²) in [6.07, 6.45) is -4.70. The third kappa shape index (κ3) is 6.03. The van der Waals surface area contributed by atoms with Crippen LogP contribution in [0.4, 0.5) is 23.7 Å². The number of nitrogens with zero attached hydrogens (tertiary/aromatic N) is 5. The van der Waals surface area contributed by atoms with E-state index in [2.05, 4.69) is 27.2 Å². The molecule has 1 saturated heterocycles. The number of hydrogen-bond acceptors (Lipinski definition) is 5. The first-order valence-corrected chi connectivity index (χ1v) is 12.2. The molecule has 0 spiro atoms. The number of alkyl halides is 3. The first kappa shape index (κ1) is 25.5. The standard InChI is InChI=1S/C28H26F3N5O2/c29-28(30,31)26-33-32-25(38-26)23-13-11-22(12-14-23)20-36(24-9-5-2-6-10-24)27(37)35-17-15-34(16-18-35)19-21-7-3-1-4-8-21/h1-14H,15-20H2. The van der Waals surface area contributed by atoms with Gasteiger partial charge in [0.2, 0.25) is 5.89 Å². The highest BCUT2D eigenvalue weighted by atomic mass is 19.4. The number of amides is 2. The van der Waals surface area contributed by atoms with Crippen LogP contribution in [0.1, 0.15) is 17.0 Å². The van der Waals surface area contributed by atoms with Crippen LogP contribution in [0.25, 0.3) is 11.5 Å². The van der Waals surface area contributed by atoms with Gasteiger partial charge in [0.05, 0.1) is 6.54 Å². The van der Waals surface area contributed by atoms with Crippen LogP contribution in [-0.4, -0.2) is 52.2 Å². The van der Waals surface area contributed by atoms with E-state index in [9.17, 15) is 18.0 Å². The average molecular weight is 522 g/mol. The molecule has 0 N–H and O–H groups in total. The van der Waals surface area contributed by atoms with Gasteiger partial charge in [-0.15, -0.1) is 10.2 Å². The van der Waals surface area contributed by atoms with Crippen molar-refractivity contribution in [2.24, 2.45) is 0 Å². The Bertz CT molecular complexity index is 1340. The van der Waals surface area contributed by atoms with E-state index in [1.807, 2.05) is 53.4 Å². The summed E-state index contributed by atoms with van der Waals surface area (Å²) in [5, 5.41) is 6.58. The molecule has 0 aliphatic carbocycles. The Morgan fingerprint density at radius 3 is 2.05 bits per heavy atom. The van der Waals surface area contributed by atoms with Crippen molar-refractivity contribution in [2.75, 3.05) is 31.1 Å². The second-order valence-corrected chi connectivity index (χ2v) is 9.06. The van der Waals surface area contributed by atoms with Crippen molar-refractivity contribution in [1.82, 2.24) is 20.0 Å². The molecule has 3 aromatic carbocycles. The molecule has 4 aromatic rings. The van der Waals surface area contributed by atoms with Crippen LogP contribution in [0.2, 0.25) is 0 Å². The van der Waals surface area contributed by atoms with Gasteiger partial charge in [0.25, 0.3) is 0 Å². The molecule has 10 heteroatoms. The lowest BCUT2D eigenvalue weighted by Gasteiger charge is -2.37. The Morgan fingerprint density at radius 1 is 0.816 bits per heavy atom. The van der Waals surface area contributed by atoms with Gasteiger partial charge < -0.3 is 9.32 Å². The number of piperazine rings is 1. The zero-order chi connectivity index (χ0) is 26.5. The van der Waals surface area contributed by atoms with Crippen LogP contribution in [0, 0.1) is 0 Å². The Labute approximate surface area is 218 Å². The summed E-state index contributed by atoms with van der Waals surface area (Å²) in [5.41, 5.74) is 3.19. The highest BCUT2D eigenvalue weighted by molar-refractivity contribution is 5.92. The molecule has 1 aliphatic heterocycles. The number of anilines is 1. The molecule has 2 amide bonds. The van der Waals surface area contributed by atoms with Gasteiger partial charge in [-0.3, -0.25) is 9.80 Å². The predicted molar refractivity (Wildman–Crippen MR) is 136 cm³/mol. The number of hydrogen-bond donors (Lipinski definition) is 0. The number of carbonyl (C=O) groups excluding carboxylic acids is 1. The monoisotopic (exact) mass is 521 g/mol. The largest absolute Gasteiger partial charge is 0.470 e. The van der Waals surface area contributed by atoms with Crippen LogP contribution in [-0.2, 0) is 19.3 Å². The summed E-state index contributed by atoms with van der Waals surface area (Å²) in [7, 11) is 0. The van der Waals surface area contributed by atoms with Crippen LogP contribution < -0.4 is 4.90 Å². The Kier molecular flexibility index (Phi) is 7.41. The number of benzene rings is 3. The number of urea groups is 1. The molecule has 0 saturated carbocycles. The maximum atomic E-state index is 13.6. The molecular weight excluding hydrogens is 495 g/mol. The van der Waals surface area contributed by atoms with Crippen molar-refractivity contribution in [3.05, 3.63) is 102 Å². The van der Waals surface area contributed by atoms with Gasteiger partial charge in [-0.2, -0.15) is 13.2 Å². The fraction of sp³-hybridized carbons (Fsp3) is 0.250. The van der Waals surface area contributed by atoms with Crippen LogP contribution in [0.3, 0.4) is 0 Å². The van der Waals surface area contributed by atoms with Gasteiger partial charge in [0.15, 0.2) is 0 Å². The van der Waals surface area contributed by atoms with Crippen LogP contribution >= 0.6 is 0 Å². The van der Waals surface area contributed by atoms with Gasteiger partial charge in [-0.1, -0.05) is 60.7 Å². The van der Waals surface area contributed by atoms with Gasteiger partial charge >= 0.3 is 18.1 Å². The Morgan fingerprint density at radius 2 is 1.45 bits per heavy atom. The van der Waals surface area contributed by atoms with Gasteiger partial charge in [0.1, 0.15) is 0 Å². The van der Waals surface area contributed by atoms with E-state index in [4.69, 9.17) is 4.42 Å². The molecule has 0 radical (unpaired) electrons. The third-order valence-electron chi connectivity index (χ3n) is 6.40. The van der Waals surface area contributed by atoms with Crippen molar-refractivity contribution in [1.29, 1.82) is 0 Å². The lowest BCUT2D eigenvalue weighted by molar-refractivity contribution is -0.156. The zero-order valence-electron chi connectivity index (χ0n) is 20.5. The van der Waals surface area contributed by atoms with E-state index in [0.29, 0.717) is 25.2 Å².